The quantitative estimate of drug-likeness (QED) is 0.586. The highest BCUT2D eigenvalue weighted by atomic mass is 16.1. The summed E-state index contributed by atoms with van der Waals surface area (Å²) in [6, 6.07) is 1.95. The van der Waals surface area contributed by atoms with Gasteiger partial charge in [0, 0.05) is 6.04 Å². The van der Waals surface area contributed by atoms with Crippen LogP contribution in [0, 0.1) is 11.3 Å². The van der Waals surface area contributed by atoms with Gasteiger partial charge in [0.15, 0.2) is 0 Å². The number of hydrogen-bond acceptors (Lipinski definition) is 3. The zero-order valence-electron chi connectivity index (χ0n) is 8.26. The van der Waals surface area contributed by atoms with Crippen molar-refractivity contribution in [1.29, 1.82) is 5.26 Å². The van der Waals surface area contributed by atoms with E-state index in [-0.39, 0.29) is 11.9 Å². The molecule has 0 aliphatic rings. The topological polar surface area (TPSA) is 64.9 Å². The van der Waals surface area contributed by atoms with Crippen molar-refractivity contribution in [3.63, 3.8) is 0 Å². The van der Waals surface area contributed by atoms with E-state index in [0.717, 1.165) is 13.0 Å². The lowest BCUT2D eigenvalue weighted by Gasteiger charge is -2.10. The van der Waals surface area contributed by atoms with Gasteiger partial charge in [0.1, 0.15) is 0 Å². The first-order chi connectivity index (χ1) is 6.20. The second-order valence-corrected chi connectivity index (χ2v) is 3.01. The number of hydrogen-bond donors (Lipinski definition) is 2. The minimum atomic E-state index is -0.0547. The molecule has 0 heterocycles. The van der Waals surface area contributed by atoms with Gasteiger partial charge in [0.05, 0.1) is 19.0 Å². The Balaban J connectivity index is 3.45. The van der Waals surface area contributed by atoms with E-state index in [1.807, 2.05) is 19.9 Å². The first kappa shape index (κ1) is 11.9. The Bertz CT molecular complexity index is 186. The summed E-state index contributed by atoms with van der Waals surface area (Å²) in [6.07, 6.45) is 1.38. The van der Waals surface area contributed by atoms with Crippen molar-refractivity contribution in [3.8, 4) is 6.07 Å². The Morgan fingerprint density at radius 1 is 1.62 bits per heavy atom. The summed E-state index contributed by atoms with van der Waals surface area (Å²) in [5.74, 6) is -0.0452. The predicted molar refractivity (Wildman–Crippen MR) is 51.0 cm³/mol. The lowest BCUT2D eigenvalue weighted by molar-refractivity contribution is -0.120. The Kier molecular flexibility index (Phi) is 6.93. The standard InChI is InChI=1S/C9H17N3O/c1-3-6-11-7-9(13)12-8(2)4-5-10/h8,11H,3-4,6-7H2,1-2H3,(H,12,13). The molecule has 2 N–H and O–H groups in total. The van der Waals surface area contributed by atoms with Crippen LogP contribution in [0.2, 0.25) is 0 Å². The summed E-state index contributed by atoms with van der Waals surface area (Å²) in [4.78, 5) is 11.1. The molecule has 13 heavy (non-hydrogen) atoms. The number of nitrogens with zero attached hydrogens (tertiary/aromatic N) is 1. The fourth-order valence-corrected chi connectivity index (χ4v) is 0.893. The first-order valence-electron chi connectivity index (χ1n) is 4.57. The zero-order valence-corrected chi connectivity index (χ0v) is 8.26. The number of nitriles is 1. The second kappa shape index (κ2) is 7.56. The molecule has 1 atom stereocenters. The van der Waals surface area contributed by atoms with Crippen LogP contribution in [0.25, 0.3) is 0 Å². The van der Waals surface area contributed by atoms with Crippen LogP contribution in [-0.2, 0) is 4.79 Å². The SMILES string of the molecule is CCCNCC(=O)NC(C)CC#N. The van der Waals surface area contributed by atoms with E-state index in [4.69, 9.17) is 5.26 Å². The Morgan fingerprint density at radius 2 is 2.31 bits per heavy atom. The Hall–Kier alpha value is -1.08. The molecule has 0 aromatic carbocycles. The van der Waals surface area contributed by atoms with Crippen molar-refractivity contribution in [3.05, 3.63) is 0 Å². The molecule has 0 fully saturated rings. The van der Waals surface area contributed by atoms with Gasteiger partial charge in [-0.25, -0.2) is 0 Å². The summed E-state index contributed by atoms with van der Waals surface area (Å²) in [5.41, 5.74) is 0. The lowest BCUT2D eigenvalue weighted by atomic mass is 10.2. The van der Waals surface area contributed by atoms with Gasteiger partial charge in [-0.05, 0) is 19.9 Å². The van der Waals surface area contributed by atoms with Gasteiger partial charge in [0.2, 0.25) is 5.91 Å². The average Bonchev–Trinajstić information content (AvgIpc) is 2.05. The summed E-state index contributed by atoms with van der Waals surface area (Å²) in [7, 11) is 0. The smallest absolute Gasteiger partial charge is 0.234 e. The molecule has 0 saturated heterocycles. The Morgan fingerprint density at radius 3 is 2.85 bits per heavy atom. The molecule has 1 unspecified atom stereocenters. The molecule has 0 spiro atoms. The van der Waals surface area contributed by atoms with Crippen LogP contribution < -0.4 is 10.6 Å². The third-order valence-electron chi connectivity index (χ3n) is 1.52. The molecule has 0 aliphatic heterocycles. The third-order valence-corrected chi connectivity index (χ3v) is 1.52. The maximum atomic E-state index is 11.1. The molecule has 0 radical (unpaired) electrons. The van der Waals surface area contributed by atoms with Gasteiger partial charge in [-0.1, -0.05) is 6.92 Å². The highest BCUT2D eigenvalue weighted by Crippen LogP contribution is 1.86. The molecule has 0 rings (SSSR count). The van der Waals surface area contributed by atoms with E-state index in [9.17, 15) is 4.79 Å². The van der Waals surface area contributed by atoms with Crippen molar-refractivity contribution in [1.82, 2.24) is 10.6 Å². The van der Waals surface area contributed by atoms with Gasteiger partial charge >= 0.3 is 0 Å². The fourth-order valence-electron chi connectivity index (χ4n) is 0.893. The van der Waals surface area contributed by atoms with Crippen LogP contribution in [0.1, 0.15) is 26.7 Å². The lowest BCUT2D eigenvalue weighted by Crippen LogP contribution is -2.39. The summed E-state index contributed by atoms with van der Waals surface area (Å²) >= 11 is 0. The van der Waals surface area contributed by atoms with Gasteiger partial charge in [-0.3, -0.25) is 4.79 Å². The number of nitrogens with one attached hydrogen (secondary N) is 2. The van der Waals surface area contributed by atoms with Crippen LogP contribution in [-0.4, -0.2) is 25.0 Å². The van der Waals surface area contributed by atoms with Gasteiger partial charge < -0.3 is 10.6 Å². The third kappa shape index (κ3) is 7.29. The van der Waals surface area contributed by atoms with E-state index in [1.165, 1.54) is 0 Å². The van der Waals surface area contributed by atoms with Gasteiger partial charge in [0.25, 0.3) is 0 Å². The minimum absolute atomic E-state index is 0.0452. The van der Waals surface area contributed by atoms with E-state index < -0.39 is 0 Å². The average molecular weight is 183 g/mol. The van der Waals surface area contributed by atoms with Crippen LogP contribution in [0.3, 0.4) is 0 Å². The Labute approximate surface area is 79.3 Å². The maximum absolute atomic E-state index is 11.1. The summed E-state index contributed by atoms with van der Waals surface area (Å²) in [6.45, 7) is 5.05. The molecule has 4 nitrogen and oxygen atoms in total. The second-order valence-electron chi connectivity index (χ2n) is 3.01. The van der Waals surface area contributed by atoms with Crippen LogP contribution in [0.5, 0.6) is 0 Å². The number of amides is 1. The highest BCUT2D eigenvalue weighted by Gasteiger charge is 2.05. The van der Waals surface area contributed by atoms with Gasteiger partial charge in [-0.15, -0.1) is 0 Å². The molecule has 0 aromatic rings. The summed E-state index contributed by atoms with van der Waals surface area (Å²) in [5, 5.41) is 14.0. The molecular formula is C9H17N3O. The van der Waals surface area contributed by atoms with Crippen molar-refractivity contribution in [2.75, 3.05) is 13.1 Å². The predicted octanol–water partition coefficient (Wildman–Crippen LogP) is 0.404. The van der Waals surface area contributed by atoms with E-state index >= 15 is 0 Å². The van der Waals surface area contributed by atoms with E-state index in [1.54, 1.807) is 0 Å². The van der Waals surface area contributed by atoms with Crippen molar-refractivity contribution in [2.45, 2.75) is 32.7 Å². The highest BCUT2D eigenvalue weighted by molar-refractivity contribution is 5.78. The van der Waals surface area contributed by atoms with Crippen molar-refractivity contribution < 1.29 is 4.79 Å². The van der Waals surface area contributed by atoms with Crippen LogP contribution >= 0.6 is 0 Å². The van der Waals surface area contributed by atoms with Crippen molar-refractivity contribution >= 4 is 5.91 Å². The number of carbonyl (C=O) groups excluding carboxylic acids is 1. The molecule has 1 amide bonds. The molecular weight excluding hydrogens is 166 g/mol. The largest absolute Gasteiger partial charge is 0.352 e. The molecule has 0 aromatic heterocycles. The molecule has 74 valence electrons. The van der Waals surface area contributed by atoms with Crippen LogP contribution in [0.15, 0.2) is 0 Å². The molecule has 0 bridgehead atoms. The number of carbonyl (C=O) groups is 1. The summed E-state index contributed by atoms with van der Waals surface area (Å²) < 4.78 is 0. The first-order valence-corrected chi connectivity index (χ1v) is 4.57. The molecule has 4 heteroatoms. The minimum Gasteiger partial charge on any atom is -0.352 e. The zero-order chi connectivity index (χ0) is 10.1. The van der Waals surface area contributed by atoms with Crippen LogP contribution in [0.4, 0.5) is 0 Å². The monoisotopic (exact) mass is 183 g/mol. The molecule has 0 saturated carbocycles. The van der Waals surface area contributed by atoms with E-state index in [2.05, 4.69) is 10.6 Å². The number of rotatable bonds is 6. The van der Waals surface area contributed by atoms with Gasteiger partial charge in [-0.2, -0.15) is 5.26 Å². The van der Waals surface area contributed by atoms with E-state index in [0.29, 0.717) is 13.0 Å². The maximum Gasteiger partial charge on any atom is 0.234 e. The van der Waals surface area contributed by atoms with Crippen molar-refractivity contribution in [2.24, 2.45) is 0 Å². The normalized spacial score (nSPS) is 11.8. The molecule has 0 aliphatic carbocycles. The fraction of sp³-hybridized carbons (Fsp3) is 0.778.